The second-order valence-electron chi connectivity index (χ2n) is 3.57. The van der Waals surface area contributed by atoms with Gasteiger partial charge in [0.2, 0.25) is 0 Å². The Morgan fingerprint density at radius 2 is 2.19 bits per heavy atom. The summed E-state index contributed by atoms with van der Waals surface area (Å²) in [5, 5.41) is 1.05. The molecule has 4 nitrogen and oxygen atoms in total. The summed E-state index contributed by atoms with van der Waals surface area (Å²) in [6, 6.07) is 5.88. The number of nitrogens with zero attached hydrogens (tertiary/aromatic N) is 2. The SMILES string of the molecule is COc1cccc2c(CCCN)ncnc12. The molecule has 84 valence electrons. The van der Waals surface area contributed by atoms with Gasteiger partial charge in [0.1, 0.15) is 17.6 Å². The number of aryl methyl sites for hydroxylation is 1. The highest BCUT2D eigenvalue weighted by molar-refractivity contribution is 5.86. The summed E-state index contributed by atoms with van der Waals surface area (Å²) in [5.41, 5.74) is 7.41. The highest BCUT2D eigenvalue weighted by Crippen LogP contribution is 2.24. The molecule has 1 aromatic heterocycles. The molecular formula is C12H15N3O. The summed E-state index contributed by atoms with van der Waals surface area (Å²) >= 11 is 0. The molecule has 0 amide bonds. The van der Waals surface area contributed by atoms with Crippen LogP contribution < -0.4 is 10.5 Å². The average Bonchev–Trinajstić information content (AvgIpc) is 2.35. The fourth-order valence-electron chi connectivity index (χ4n) is 1.75. The normalized spacial score (nSPS) is 10.6. The zero-order valence-electron chi connectivity index (χ0n) is 9.31. The van der Waals surface area contributed by atoms with E-state index >= 15 is 0 Å². The van der Waals surface area contributed by atoms with E-state index < -0.39 is 0 Å². The van der Waals surface area contributed by atoms with Crippen molar-refractivity contribution in [3.63, 3.8) is 0 Å². The fraction of sp³-hybridized carbons (Fsp3) is 0.333. The van der Waals surface area contributed by atoms with Crippen molar-refractivity contribution in [2.75, 3.05) is 13.7 Å². The number of fused-ring (bicyclic) bond motifs is 1. The molecule has 0 saturated heterocycles. The van der Waals surface area contributed by atoms with E-state index in [1.807, 2.05) is 18.2 Å². The highest BCUT2D eigenvalue weighted by atomic mass is 16.5. The summed E-state index contributed by atoms with van der Waals surface area (Å²) in [7, 11) is 1.65. The first-order chi connectivity index (χ1) is 7.86. The van der Waals surface area contributed by atoms with E-state index in [0.717, 1.165) is 35.2 Å². The predicted octanol–water partition coefficient (Wildman–Crippen LogP) is 1.53. The number of aromatic nitrogens is 2. The Bertz CT molecular complexity index is 485. The van der Waals surface area contributed by atoms with Gasteiger partial charge >= 0.3 is 0 Å². The van der Waals surface area contributed by atoms with Crippen molar-refractivity contribution < 1.29 is 4.74 Å². The number of hydrogen-bond acceptors (Lipinski definition) is 4. The van der Waals surface area contributed by atoms with Crippen molar-refractivity contribution in [1.29, 1.82) is 0 Å². The molecule has 16 heavy (non-hydrogen) atoms. The number of para-hydroxylation sites is 1. The highest BCUT2D eigenvalue weighted by Gasteiger charge is 2.06. The van der Waals surface area contributed by atoms with E-state index in [-0.39, 0.29) is 0 Å². The van der Waals surface area contributed by atoms with Gasteiger partial charge < -0.3 is 10.5 Å². The maximum absolute atomic E-state index is 5.51. The Morgan fingerprint density at radius 3 is 2.94 bits per heavy atom. The first kappa shape index (κ1) is 10.8. The van der Waals surface area contributed by atoms with Gasteiger partial charge in [-0.1, -0.05) is 12.1 Å². The second-order valence-corrected chi connectivity index (χ2v) is 3.57. The molecule has 0 aliphatic heterocycles. The Hall–Kier alpha value is -1.68. The molecule has 0 aliphatic carbocycles. The summed E-state index contributed by atoms with van der Waals surface area (Å²) in [4.78, 5) is 8.55. The molecule has 0 atom stereocenters. The number of nitrogens with two attached hydrogens (primary N) is 1. The average molecular weight is 217 g/mol. The minimum absolute atomic E-state index is 0.676. The van der Waals surface area contributed by atoms with Crippen molar-refractivity contribution in [2.24, 2.45) is 5.73 Å². The van der Waals surface area contributed by atoms with Crippen LogP contribution in [0.5, 0.6) is 5.75 Å². The molecular weight excluding hydrogens is 202 g/mol. The first-order valence-corrected chi connectivity index (χ1v) is 5.33. The lowest BCUT2D eigenvalue weighted by Crippen LogP contribution is -2.02. The molecule has 4 heteroatoms. The van der Waals surface area contributed by atoms with Crippen LogP contribution in [0, 0.1) is 0 Å². The van der Waals surface area contributed by atoms with Gasteiger partial charge in [-0.3, -0.25) is 0 Å². The van der Waals surface area contributed by atoms with Crippen molar-refractivity contribution in [3.05, 3.63) is 30.2 Å². The van der Waals surface area contributed by atoms with E-state index in [4.69, 9.17) is 10.5 Å². The van der Waals surface area contributed by atoms with Crippen molar-refractivity contribution in [3.8, 4) is 5.75 Å². The van der Waals surface area contributed by atoms with Crippen LogP contribution in [0.2, 0.25) is 0 Å². The maximum atomic E-state index is 5.51. The van der Waals surface area contributed by atoms with Gasteiger partial charge in [0.05, 0.1) is 12.8 Å². The van der Waals surface area contributed by atoms with Crippen LogP contribution >= 0.6 is 0 Å². The van der Waals surface area contributed by atoms with E-state index in [0.29, 0.717) is 6.54 Å². The minimum Gasteiger partial charge on any atom is -0.494 e. The largest absolute Gasteiger partial charge is 0.494 e. The third-order valence-corrected chi connectivity index (χ3v) is 2.55. The standard InChI is InChI=1S/C12H15N3O/c1-16-11-6-2-4-9-10(5-3-7-13)14-8-15-12(9)11/h2,4,6,8H,3,5,7,13H2,1H3. The molecule has 0 saturated carbocycles. The Labute approximate surface area is 94.5 Å². The van der Waals surface area contributed by atoms with Gasteiger partial charge in [-0.15, -0.1) is 0 Å². The number of benzene rings is 1. The zero-order valence-corrected chi connectivity index (χ0v) is 9.31. The molecule has 0 aliphatic rings. The summed E-state index contributed by atoms with van der Waals surface area (Å²) in [6.45, 7) is 0.676. The lowest BCUT2D eigenvalue weighted by molar-refractivity contribution is 0.419. The topological polar surface area (TPSA) is 61.0 Å². The maximum Gasteiger partial charge on any atom is 0.145 e. The van der Waals surface area contributed by atoms with Crippen LogP contribution in [0.25, 0.3) is 10.9 Å². The molecule has 1 aromatic carbocycles. The van der Waals surface area contributed by atoms with Crippen molar-refractivity contribution in [2.45, 2.75) is 12.8 Å². The van der Waals surface area contributed by atoms with Gasteiger partial charge in [0.15, 0.2) is 0 Å². The molecule has 2 N–H and O–H groups in total. The minimum atomic E-state index is 0.676. The summed E-state index contributed by atoms with van der Waals surface area (Å²) < 4.78 is 5.27. The molecule has 1 heterocycles. The van der Waals surface area contributed by atoms with Crippen LogP contribution in [-0.2, 0) is 6.42 Å². The van der Waals surface area contributed by atoms with Crippen LogP contribution in [0.4, 0.5) is 0 Å². The molecule has 2 rings (SSSR count). The molecule has 0 bridgehead atoms. The molecule has 0 unspecified atom stereocenters. The van der Waals surface area contributed by atoms with E-state index in [1.165, 1.54) is 0 Å². The van der Waals surface area contributed by atoms with Crippen molar-refractivity contribution in [1.82, 2.24) is 9.97 Å². The summed E-state index contributed by atoms with van der Waals surface area (Å²) in [5.74, 6) is 0.786. The van der Waals surface area contributed by atoms with Crippen molar-refractivity contribution >= 4 is 10.9 Å². The molecule has 2 aromatic rings. The van der Waals surface area contributed by atoms with Crippen LogP contribution in [0.15, 0.2) is 24.5 Å². The van der Waals surface area contributed by atoms with Crippen LogP contribution in [0.1, 0.15) is 12.1 Å². The van der Waals surface area contributed by atoms with E-state index in [9.17, 15) is 0 Å². The third kappa shape index (κ3) is 1.97. The molecule has 0 radical (unpaired) electrons. The Morgan fingerprint density at radius 1 is 1.31 bits per heavy atom. The van der Waals surface area contributed by atoms with E-state index in [2.05, 4.69) is 9.97 Å². The smallest absolute Gasteiger partial charge is 0.145 e. The predicted molar refractivity (Wildman–Crippen MR) is 63.5 cm³/mol. The number of rotatable bonds is 4. The summed E-state index contributed by atoms with van der Waals surface area (Å²) in [6.07, 6.45) is 3.39. The van der Waals surface area contributed by atoms with Gasteiger partial charge in [0, 0.05) is 5.39 Å². The Kier molecular flexibility index (Phi) is 3.31. The molecule has 0 spiro atoms. The lowest BCUT2D eigenvalue weighted by atomic mass is 10.1. The van der Waals surface area contributed by atoms with Gasteiger partial charge in [-0.25, -0.2) is 9.97 Å². The van der Waals surface area contributed by atoms with Gasteiger partial charge in [0.25, 0.3) is 0 Å². The zero-order chi connectivity index (χ0) is 11.4. The van der Waals surface area contributed by atoms with Crippen LogP contribution in [-0.4, -0.2) is 23.6 Å². The van der Waals surface area contributed by atoms with Gasteiger partial charge in [-0.2, -0.15) is 0 Å². The Balaban J connectivity index is 2.51. The first-order valence-electron chi connectivity index (χ1n) is 5.33. The van der Waals surface area contributed by atoms with E-state index in [1.54, 1.807) is 13.4 Å². The molecule has 0 fully saturated rings. The van der Waals surface area contributed by atoms with Crippen LogP contribution in [0.3, 0.4) is 0 Å². The number of methoxy groups -OCH3 is 1. The fourth-order valence-corrected chi connectivity index (χ4v) is 1.75. The number of ether oxygens (including phenoxy) is 1. The lowest BCUT2D eigenvalue weighted by Gasteiger charge is -2.07. The second kappa shape index (κ2) is 4.90. The van der Waals surface area contributed by atoms with Gasteiger partial charge in [-0.05, 0) is 25.5 Å². The number of hydrogen-bond donors (Lipinski definition) is 1. The monoisotopic (exact) mass is 217 g/mol. The quantitative estimate of drug-likeness (QED) is 0.843. The third-order valence-electron chi connectivity index (χ3n) is 2.55.